The van der Waals surface area contributed by atoms with Crippen molar-refractivity contribution in [3.63, 3.8) is 0 Å². The van der Waals surface area contributed by atoms with Crippen molar-refractivity contribution >= 4 is 16.8 Å². The molecule has 114 valence electrons. The fourth-order valence-electron chi connectivity index (χ4n) is 3.07. The summed E-state index contributed by atoms with van der Waals surface area (Å²) in [6, 6.07) is 18.3. The molecular formula is C19H17N3O. The van der Waals surface area contributed by atoms with E-state index in [-0.39, 0.29) is 6.03 Å². The second kappa shape index (κ2) is 5.72. The van der Waals surface area contributed by atoms with Gasteiger partial charge in [-0.25, -0.2) is 4.79 Å². The zero-order valence-corrected chi connectivity index (χ0v) is 12.7. The zero-order chi connectivity index (χ0) is 15.6. The Morgan fingerprint density at radius 2 is 1.91 bits per heavy atom. The molecule has 1 N–H and O–H groups in total. The average molecular weight is 303 g/mol. The van der Waals surface area contributed by atoms with Crippen LogP contribution in [0.5, 0.6) is 0 Å². The minimum Gasteiger partial charge on any atom is -0.334 e. The van der Waals surface area contributed by atoms with Crippen molar-refractivity contribution in [3.05, 3.63) is 77.6 Å². The minimum absolute atomic E-state index is 0.0454. The van der Waals surface area contributed by atoms with Crippen LogP contribution in [0.2, 0.25) is 0 Å². The molecule has 1 aromatic heterocycles. The van der Waals surface area contributed by atoms with E-state index in [4.69, 9.17) is 0 Å². The van der Waals surface area contributed by atoms with Crippen molar-refractivity contribution in [2.24, 2.45) is 0 Å². The minimum atomic E-state index is -0.0454. The van der Waals surface area contributed by atoms with Gasteiger partial charge in [-0.1, -0.05) is 48.5 Å². The van der Waals surface area contributed by atoms with Crippen molar-refractivity contribution in [2.75, 3.05) is 0 Å². The van der Waals surface area contributed by atoms with Crippen molar-refractivity contribution in [1.82, 2.24) is 15.2 Å². The molecule has 2 heterocycles. The molecule has 3 aromatic rings. The molecule has 2 aromatic carbocycles. The molecule has 0 bridgehead atoms. The van der Waals surface area contributed by atoms with Crippen molar-refractivity contribution in [1.29, 1.82) is 0 Å². The molecule has 0 saturated heterocycles. The summed E-state index contributed by atoms with van der Waals surface area (Å²) in [5.74, 6) is 0. The second-order valence-electron chi connectivity index (χ2n) is 5.76. The summed E-state index contributed by atoms with van der Waals surface area (Å²) in [6.07, 6.45) is 1.77. The van der Waals surface area contributed by atoms with Gasteiger partial charge in [-0.05, 0) is 28.0 Å². The first-order chi connectivity index (χ1) is 11.3. The predicted molar refractivity (Wildman–Crippen MR) is 89.7 cm³/mol. The third-order valence-corrected chi connectivity index (χ3v) is 4.28. The van der Waals surface area contributed by atoms with Gasteiger partial charge in [0, 0.05) is 19.3 Å². The molecule has 0 spiro atoms. The van der Waals surface area contributed by atoms with Gasteiger partial charge in [-0.3, -0.25) is 4.98 Å². The molecule has 4 rings (SSSR count). The maximum atomic E-state index is 12.4. The number of hydrogen-bond donors (Lipinski definition) is 1. The van der Waals surface area contributed by atoms with E-state index in [0.29, 0.717) is 19.6 Å². The highest BCUT2D eigenvalue weighted by Gasteiger charge is 2.23. The average Bonchev–Trinajstić information content (AvgIpc) is 3.04. The van der Waals surface area contributed by atoms with Crippen LogP contribution >= 0.6 is 0 Å². The van der Waals surface area contributed by atoms with Gasteiger partial charge < -0.3 is 10.2 Å². The highest BCUT2D eigenvalue weighted by Crippen LogP contribution is 2.21. The number of fused-ring (bicyclic) bond motifs is 2. The summed E-state index contributed by atoms with van der Waals surface area (Å²) < 4.78 is 0. The summed E-state index contributed by atoms with van der Waals surface area (Å²) in [5, 5.41) is 5.40. The molecule has 0 aliphatic carbocycles. The molecule has 1 aliphatic heterocycles. The molecule has 23 heavy (non-hydrogen) atoms. The zero-order valence-electron chi connectivity index (χ0n) is 12.7. The van der Waals surface area contributed by atoms with E-state index in [2.05, 4.69) is 34.6 Å². The van der Waals surface area contributed by atoms with Crippen LogP contribution in [0.15, 0.2) is 60.8 Å². The Morgan fingerprint density at radius 1 is 1.04 bits per heavy atom. The summed E-state index contributed by atoms with van der Waals surface area (Å²) in [4.78, 5) is 18.5. The topological polar surface area (TPSA) is 45.2 Å². The third-order valence-electron chi connectivity index (χ3n) is 4.28. The summed E-state index contributed by atoms with van der Waals surface area (Å²) >= 11 is 0. The Balaban J connectivity index is 1.46. The first-order valence-corrected chi connectivity index (χ1v) is 7.73. The second-order valence-corrected chi connectivity index (χ2v) is 5.76. The van der Waals surface area contributed by atoms with Crippen LogP contribution in [-0.4, -0.2) is 15.9 Å². The Morgan fingerprint density at radius 3 is 2.83 bits per heavy atom. The highest BCUT2D eigenvalue weighted by molar-refractivity contribution is 5.86. The van der Waals surface area contributed by atoms with Gasteiger partial charge in [0.2, 0.25) is 0 Å². The lowest BCUT2D eigenvalue weighted by atomic mass is 10.0. The number of carbonyl (C=O) groups excluding carboxylic acids is 1. The van der Waals surface area contributed by atoms with E-state index >= 15 is 0 Å². The SMILES string of the molecule is O=C(NCc1cccc2ccccc12)N1Cc2cccnc2C1. The molecule has 0 unspecified atom stereocenters. The van der Waals surface area contributed by atoms with Crippen LogP contribution in [-0.2, 0) is 19.6 Å². The van der Waals surface area contributed by atoms with Gasteiger partial charge in [-0.15, -0.1) is 0 Å². The van der Waals surface area contributed by atoms with Crippen molar-refractivity contribution in [2.45, 2.75) is 19.6 Å². The lowest BCUT2D eigenvalue weighted by Crippen LogP contribution is -2.36. The molecule has 0 radical (unpaired) electrons. The van der Waals surface area contributed by atoms with Crippen LogP contribution in [0, 0.1) is 0 Å². The van der Waals surface area contributed by atoms with E-state index in [1.165, 1.54) is 10.8 Å². The van der Waals surface area contributed by atoms with Gasteiger partial charge in [0.1, 0.15) is 0 Å². The summed E-state index contributed by atoms with van der Waals surface area (Å²) in [5.41, 5.74) is 3.26. The number of pyridine rings is 1. The summed E-state index contributed by atoms with van der Waals surface area (Å²) in [6.45, 7) is 1.74. The number of aromatic nitrogens is 1. The molecule has 4 nitrogen and oxygen atoms in total. The van der Waals surface area contributed by atoms with Gasteiger partial charge in [0.05, 0.1) is 12.2 Å². The van der Waals surface area contributed by atoms with E-state index < -0.39 is 0 Å². The number of nitrogens with one attached hydrogen (secondary N) is 1. The van der Waals surface area contributed by atoms with Gasteiger partial charge >= 0.3 is 6.03 Å². The highest BCUT2D eigenvalue weighted by atomic mass is 16.2. The maximum absolute atomic E-state index is 12.4. The van der Waals surface area contributed by atoms with Crippen molar-refractivity contribution in [3.8, 4) is 0 Å². The molecule has 0 saturated carbocycles. The number of nitrogens with zero attached hydrogens (tertiary/aromatic N) is 2. The number of amides is 2. The lowest BCUT2D eigenvalue weighted by Gasteiger charge is -2.16. The molecular weight excluding hydrogens is 286 g/mol. The van der Waals surface area contributed by atoms with E-state index in [9.17, 15) is 4.79 Å². The van der Waals surface area contributed by atoms with Gasteiger partial charge in [0.25, 0.3) is 0 Å². The van der Waals surface area contributed by atoms with E-state index in [1.807, 2.05) is 30.3 Å². The summed E-state index contributed by atoms with van der Waals surface area (Å²) in [7, 11) is 0. The molecule has 2 amide bonds. The molecule has 1 aliphatic rings. The first-order valence-electron chi connectivity index (χ1n) is 7.73. The van der Waals surface area contributed by atoms with Crippen molar-refractivity contribution < 1.29 is 4.79 Å². The fraction of sp³-hybridized carbons (Fsp3) is 0.158. The fourth-order valence-corrected chi connectivity index (χ4v) is 3.07. The van der Waals surface area contributed by atoms with E-state index in [1.54, 1.807) is 11.1 Å². The Labute approximate surface area is 134 Å². The number of carbonyl (C=O) groups is 1. The number of benzene rings is 2. The van der Waals surface area contributed by atoms with E-state index in [0.717, 1.165) is 16.8 Å². The van der Waals surface area contributed by atoms with Crippen LogP contribution in [0.3, 0.4) is 0 Å². The molecule has 0 atom stereocenters. The Bertz CT molecular complexity index is 845. The predicted octanol–water partition coefficient (Wildman–Crippen LogP) is 3.46. The van der Waals surface area contributed by atoms with Crippen LogP contribution < -0.4 is 5.32 Å². The monoisotopic (exact) mass is 303 g/mol. The third kappa shape index (κ3) is 2.63. The van der Waals surface area contributed by atoms with Crippen LogP contribution in [0.1, 0.15) is 16.8 Å². The molecule has 4 heteroatoms. The van der Waals surface area contributed by atoms with Gasteiger partial charge in [0.15, 0.2) is 0 Å². The maximum Gasteiger partial charge on any atom is 0.318 e. The quantitative estimate of drug-likeness (QED) is 0.788. The number of urea groups is 1. The lowest BCUT2D eigenvalue weighted by molar-refractivity contribution is 0.198. The van der Waals surface area contributed by atoms with Crippen LogP contribution in [0.25, 0.3) is 10.8 Å². The largest absolute Gasteiger partial charge is 0.334 e. The number of hydrogen-bond acceptors (Lipinski definition) is 2. The standard InChI is InChI=1S/C19H17N3O/c23-19(22-12-16-8-4-10-20-18(16)13-22)21-11-15-7-3-6-14-5-1-2-9-17(14)15/h1-10H,11-13H2,(H,21,23). The first kappa shape index (κ1) is 13.8. The number of rotatable bonds is 2. The molecule has 0 fully saturated rings. The smallest absolute Gasteiger partial charge is 0.318 e. The normalized spacial score (nSPS) is 13.1. The van der Waals surface area contributed by atoms with Gasteiger partial charge in [-0.2, -0.15) is 0 Å². The Hall–Kier alpha value is -2.88. The Kier molecular flexibility index (Phi) is 3.42. The van der Waals surface area contributed by atoms with Crippen LogP contribution in [0.4, 0.5) is 4.79 Å².